The molecule has 0 aliphatic rings. The van der Waals surface area contributed by atoms with Gasteiger partial charge in [0.1, 0.15) is 12.1 Å². The van der Waals surface area contributed by atoms with Crippen LogP contribution in [-0.4, -0.2) is 23.2 Å². The zero-order valence-corrected chi connectivity index (χ0v) is 10.6. The average molecular weight is 327 g/mol. The highest BCUT2D eigenvalue weighted by molar-refractivity contribution is 14.2. The minimum Gasteiger partial charge on any atom is -0.384 e. The van der Waals surface area contributed by atoms with Crippen LogP contribution in [0.15, 0.2) is 12.4 Å². The standard InChI is InChI=1S/C7H11IN3O2P/c8-14-13-2-1-12-4-6-3-7(9)11-5-10-6/h3,5,14H,1-2,4H2,(H2,9,10,11). The topological polar surface area (TPSA) is 70.3 Å². The lowest BCUT2D eigenvalue weighted by Crippen LogP contribution is -2.03. The van der Waals surface area contributed by atoms with Gasteiger partial charge in [0.2, 0.25) is 0 Å². The van der Waals surface area contributed by atoms with Gasteiger partial charge < -0.3 is 15.0 Å². The van der Waals surface area contributed by atoms with E-state index in [1.807, 2.05) is 0 Å². The van der Waals surface area contributed by atoms with Gasteiger partial charge in [0, 0.05) is 6.07 Å². The van der Waals surface area contributed by atoms with Crippen molar-refractivity contribution in [2.75, 3.05) is 18.9 Å². The van der Waals surface area contributed by atoms with Crippen molar-refractivity contribution >= 4 is 34.3 Å². The van der Waals surface area contributed by atoms with E-state index in [2.05, 4.69) is 32.0 Å². The summed E-state index contributed by atoms with van der Waals surface area (Å²) in [7, 11) is 0. The van der Waals surface area contributed by atoms with Crippen molar-refractivity contribution in [1.82, 2.24) is 9.97 Å². The van der Waals surface area contributed by atoms with E-state index in [4.69, 9.17) is 15.0 Å². The van der Waals surface area contributed by atoms with Gasteiger partial charge in [-0.15, -0.1) is 0 Å². The van der Waals surface area contributed by atoms with Gasteiger partial charge in [-0.05, 0) is 22.0 Å². The van der Waals surface area contributed by atoms with Crippen molar-refractivity contribution < 1.29 is 9.26 Å². The lowest BCUT2D eigenvalue weighted by molar-refractivity contribution is 0.0924. The molecule has 78 valence electrons. The molecule has 0 saturated carbocycles. The second-order valence-corrected chi connectivity index (χ2v) is 4.18. The molecule has 0 aliphatic carbocycles. The molecular formula is C7H11IN3O2P. The number of ether oxygens (including phenoxy) is 1. The predicted octanol–water partition coefficient (Wildman–Crippen LogP) is 1.54. The lowest BCUT2D eigenvalue weighted by atomic mass is 10.4. The summed E-state index contributed by atoms with van der Waals surface area (Å²) in [6, 6.07) is 1.70. The van der Waals surface area contributed by atoms with Crippen LogP contribution in [0.1, 0.15) is 5.69 Å². The first-order chi connectivity index (χ1) is 6.83. The lowest BCUT2D eigenvalue weighted by Gasteiger charge is -2.03. The molecule has 14 heavy (non-hydrogen) atoms. The largest absolute Gasteiger partial charge is 0.384 e. The molecule has 0 amide bonds. The third-order valence-corrected chi connectivity index (χ3v) is 2.63. The van der Waals surface area contributed by atoms with Gasteiger partial charge in [-0.1, -0.05) is 0 Å². The number of hydrogen-bond donors (Lipinski definition) is 1. The summed E-state index contributed by atoms with van der Waals surface area (Å²) < 4.78 is 10.4. The predicted molar refractivity (Wildman–Crippen MR) is 64.4 cm³/mol. The number of hydrogen-bond acceptors (Lipinski definition) is 5. The first-order valence-electron chi connectivity index (χ1n) is 3.94. The molecule has 1 atom stereocenters. The van der Waals surface area contributed by atoms with Gasteiger partial charge in [0.05, 0.1) is 32.0 Å². The van der Waals surface area contributed by atoms with Gasteiger partial charge in [-0.3, -0.25) is 0 Å². The van der Waals surface area contributed by atoms with Gasteiger partial charge in [0.15, 0.2) is 0 Å². The number of rotatable bonds is 6. The molecule has 5 nitrogen and oxygen atoms in total. The maximum atomic E-state index is 5.48. The second kappa shape index (κ2) is 7.28. The average Bonchev–Trinajstić information content (AvgIpc) is 2.18. The Labute approximate surface area is 97.1 Å². The van der Waals surface area contributed by atoms with E-state index < -0.39 is 0 Å². The number of nitrogens with two attached hydrogens (primary N) is 1. The van der Waals surface area contributed by atoms with Crippen LogP contribution in [0.25, 0.3) is 0 Å². The van der Waals surface area contributed by atoms with Crippen LogP contribution >= 0.6 is 28.5 Å². The smallest absolute Gasteiger partial charge is 0.127 e. The first kappa shape index (κ1) is 12.0. The Bertz CT molecular complexity index is 277. The fourth-order valence-electron chi connectivity index (χ4n) is 0.810. The summed E-state index contributed by atoms with van der Waals surface area (Å²) in [4.78, 5) is 7.78. The van der Waals surface area contributed by atoms with Gasteiger partial charge in [-0.2, -0.15) is 0 Å². The fourth-order valence-corrected chi connectivity index (χ4v) is 1.63. The first-order valence-corrected chi connectivity index (χ1v) is 7.96. The summed E-state index contributed by atoms with van der Waals surface area (Å²) in [5, 5.41) is 0. The van der Waals surface area contributed by atoms with Crippen molar-refractivity contribution in [2.24, 2.45) is 0 Å². The second-order valence-electron chi connectivity index (χ2n) is 2.41. The van der Waals surface area contributed by atoms with Crippen molar-refractivity contribution in [1.29, 1.82) is 0 Å². The molecule has 7 heteroatoms. The van der Waals surface area contributed by atoms with Crippen LogP contribution in [0, 0.1) is 0 Å². The molecule has 0 bridgehead atoms. The Morgan fingerprint density at radius 2 is 2.29 bits per heavy atom. The normalized spacial score (nSPS) is 11.2. The quantitative estimate of drug-likeness (QED) is 0.488. The van der Waals surface area contributed by atoms with Crippen molar-refractivity contribution in [3.05, 3.63) is 18.1 Å². The van der Waals surface area contributed by atoms with Crippen molar-refractivity contribution in [3.63, 3.8) is 0 Å². The monoisotopic (exact) mass is 327 g/mol. The number of nitrogens with zero attached hydrogens (tertiary/aromatic N) is 2. The molecule has 0 aromatic carbocycles. The van der Waals surface area contributed by atoms with E-state index in [0.29, 0.717) is 32.1 Å². The zero-order valence-electron chi connectivity index (χ0n) is 7.44. The summed E-state index contributed by atoms with van der Waals surface area (Å²) >= 11 is 2.17. The van der Waals surface area contributed by atoms with Crippen LogP contribution in [-0.2, 0) is 15.9 Å². The molecule has 1 rings (SSSR count). The van der Waals surface area contributed by atoms with Gasteiger partial charge in [0.25, 0.3) is 0 Å². The summed E-state index contributed by atoms with van der Waals surface area (Å²) in [6.07, 6.45) is 1.43. The number of anilines is 1. The molecule has 0 spiro atoms. The summed E-state index contributed by atoms with van der Waals surface area (Å²) in [6.45, 7) is 2.11. The highest BCUT2D eigenvalue weighted by Gasteiger charge is 1.96. The molecule has 2 N–H and O–H groups in total. The molecule has 0 aliphatic heterocycles. The van der Waals surface area contributed by atoms with E-state index in [1.165, 1.54) is 6.33 Å². The van der Waals surface area contributed by atoms with Crippen LogP contribution < -0.4 is 5.73 Å². The molecule has 0 fully saturated rings. The van der Waals surface area contributed by atoms with Crippen LogP contribution in [0.5, 0.6) is 0 Å². The van der Waals surface area contributed by atoms with E-state index in [0.717, 1.165) is 5.69 Å². The number of halogens is 1. The molecular weight excluding hydrogens is 316 g/mol. The summed E-state index contributed by atoms with van der Waals surface area (Å²) in [5.41, 5.74) is 6.27. The zero-order chi connectivity index (χ0) is 10.2. The fraction of sp³-hybridized carbons (Fsp3) is 0.429. The maximum Gasteiger partial charge on any atom is 0.127 e. The third-order valence-electron chi connectivity index (χ3n) is 1.38. The minimum atomic E-state index is 0.445. The Morgan fingerprint density at radius 1 is 1.43 bits per heavy atom. The van der Waals surface area contributed by atoms with E-state index in [-0.39, 0.29) is 0 Å². The molecule has 1 aromatic heterocycles. The Hall–Kier alpha value is -0.0400. The van der Waals surface area contributed by atoms with E-state index in [1.54, 1.807) is 6.07 Å². The molecule has 0 saturated heterocycles. The van der Waals surface area contributed by atoms with Crippen molar-refractivity contribution in [3.8, 4) is 0 Å². The van der Waals surface area contributed by atoms with Crippen molar-refractivity contribution in [2.45, 2.75) is 6.61 Å². The van der Waals surface area contributed by atoms with Crippen LogP contribution in [0.4, 0.5) is 5.82 Å². The highest BCUT2D eigenvalue weighted by atomic mass is 127. The Balaban J connectivity index is 2.18. The number of nitrogen functional groups attached to an aromatic ring is 1. The van der Waals surface area contributed by atoms with Crippen LogP contribution in [0.3, 0.4) is 0 Å². The van der Waals surface area contributed by atoms with Gasteiger partial charge >= 0.3 is 0 Å². The Morgan fingerprint density at radius 3 is 3.00 bits per heavy atom. The molecule has 0 radical (unpaired) electrons. The van der Waals surface area contributed by atoms with Crippen LogP contribution in [0.2, 0.25) is 0 Å². The van der Waals surface area contributed by atoms with E-state index in [9.17, 15) is 0 Å². The minimum absolute atomic E-state index is 0.445. The molecule has 1 unspecified atom stereocenters. The summed E-state index contributed by atoms with van der Waals surface area (Å²) in [5.74, 6) is 0.462. The third kappa shape index (κ3) is 4.99. The SMILES string of the molecule is Nc1cc(COCCOPI)ncn1. The van der Waals surface area contributed by atoms with E-state index >= 15 is 0 Å². The molecule has 1 heterocycles. The molecule has 1 aromatic rings. The number of aromatic nitrogens is 2. The Kier molecular flexibility index (Phi) is 6.25. The highest BCUT2D eigenvalue weighted by Crippen LogP contribution is 2.20. The maximum absolute atomic E-state index is 5.48. The van der Waals surface area contributed by atoms with Gasteiger partial charge in [-0.25, -0.2) is 9.97 Å².